The lowest BCUT2D eigenvalue weighted by molar-refractivity contribution is -0.114. The van der Waals surface area contributed by atoms with Gasteiger partial charge in [-0.15, -0.1) is 22.7 Å². The van der Waals surface area contributed by atoms with E-state index < -0.39 is 0 Å². The molecule has 1 aromatic carbocycles. The van der Waals surface area contributed by atoms with Gasteiger partial charge in [0.05, 0.1) is 15.6 Å². The zero-order chi connectivity index (χ0) is 18.0. The molecule has 0 atom stereocenters. The van der Waals surface area contributed by atoms with Gasteiger partial charge >= 0.3 is 0 Å². The molecule has 0 saturated heterocycles. The van der Waals surface area contributed by atoms with Crippen molar-refractivity contribution in [1.29, 1.82) is 0 Å². The highest BCUT2D eigenvalue weighted by Gasteiger charge is 2.13. The molecule has 5 nitrogen and oxygen atoms in total. The molecule has 0 aliphatic carbocycles. The second-order valence-corrected chi connectivity index (χ2v) is 7.60. The van der Waals surface area contributed by atoms with Crippen LogP contribution in [0.2, 0.25) is 0 Å². The number of aryl methyl sites for hydroxylation is 2. The monoisotopic (exact) mass is 371 g/mol. The first kappa shape index (κ1) is 17.3. The summed E-state index contributed by atoms with van der Waals surface area (Å²) in [6, 6.07) is 9.61. The number of thiophene rings is 1. The highest BCUT2D eigenvalue weighted by molar-refractivity contribution is 7.18. The predicted molar refractivity (Wildman–Crippen MR) is 104 cm³/mol. The van der Waals surface area contributed by atoms with Crippen LogP contribution in [0.1, 0.15) is 27.7 Å². The van der Waals surface area contributed by atoms with E-state index >= 15 is 0 Å². The highest BCUT2D eigenvalue weighted by Crippen LogP contribution is 2.29. The van der Waals surface area contributed by atoms with Crippen LogP contribution in [0.4, 0.5) is 10.1 Å². The normalized spacial score (nSPS) is 10.5. The number of thiazole rings is 1. The number of amides is 2. The van der Waals surface area contributed by atoms with Crippen LogP contribution in [-0.4, -0.2) is 16.8 Å². The molecule has 128 valence electrons. The Morgan fingerprint density at radius 2 is 1.88 bits per heavy atom. The van der Waals surface area contributed by atoms with Gasteiger partial charge in [-0.2, -0.15) is 0 Å². The first-order chi connectivity index (χ1) is 11.9. The second-order valence-electron chi connectivity index (χ2n) is 5.66. The smallest absolute Gasteiger partial charge is 0.267 e. The Labute approximate surface area is 153 Å². The van der Waals surface area contributed by atoms with Crippen molar-refractivity contribution in [3.63, 3.8) is 0 Å². The summed E-state index contributed by atoms with van der Waals surface area (Å²) in [5.74, 6) is -0.394. The largest absolute Gasteiger partial charge is 0.318 e. The Kier molecular flexibility index (Phi) is 4.96. The second kappa shape index (κ2) is 7.16. The third-order valence-corrected chi connectivity index (χ3v) is 5.27. The number of hydrogen-bond donors (Lipinski definition) is 2. The molecule has 0 unspecified atom stereocenters. The lowest BCUT2D eigenvalue weighted by atomic mass is 10.0. The van der Waals surface area contributed by atoms with E-state index in [0.717, 1.165) is 16.8 Å². The number of nitrogens with one attached hydrogen (secondary N) is 2. The van der Waals surface area contributed by atoms with Crippen molar-refractivity contribution in [3.05, 3.63) is 51.7 Å². The summed E-state index contributed by atoms with van der Waals surface area (Å²) in [5, 5.41) is 8.61. The van der Waals surface area contributed by atoms with Crippen LogP contribution < -0.4 is 10.6 Å². The Bertz CT molecular complexity index is 943. The minimum Gasteiger partial charge on any atom is -0.318 e. The van der Waals surface area contributed by atoms with Crippen LogP contribution in [0.15, 0.2) is 35.7 Å². The van der Waals surface area contributed by atoms with Crippen LogP contribution >= 0.6 is 22.7 Å². The molecule has 25 heavy (non-hydrogen) atoms. The fraction of sp³-hybridized carbons (Fsp3) is 0.167. The molecular formula is C18H17N3O2S2. The fourth-order valence-corrected chi connectivity index (χ4v) is 3.97. The van der Waals surface area contributed by atoms with Gasteiger partial charge in [-0.1, -0.05) is 23.8 Å². The third kappa shape index (κ3) is 4.12. The van der Waals surface area contributed by atoms with Gasteiger partial charge in [0.25, 0.3) is 5.91 Å². The van der Waals surface area contributed by atoms with Gasteiger partial charge in [0.1, 0.15) is 0 Å². The number of nitrogens with zero attached hydrogens (tertiary/aromatic N) is 1. The Morgan fingerprint density at radius 3 is 2.60 bits per heavy atom. The lowest BCUT2D eigenvalue weighted by Crippen LogP contribution is -2.09. The quantitative estimate of drug-likeness (QED) is 0.698. The average Bonchev–Trinajstić information content (AvgIpc) is 3.16. The molecule has 3 aromatic rings. The SMILES string of the molecule is CC(=O)Nc1ccc(C(=O)Nc2nc(-c3ccc(C)cc3C)cs2)s1. The maximum Gasteiger partial charge on any atom is 0.267 e. The number of carbonyl (C=O) groups excluding carboxylic acids is 2. The first-order valence-electron chi connectivity index (χ1n) is 7.64. The van der Waals surface area contributed by atoms with Gasteiger partial charge < -0.3 is 5.32 Å². The van der Waals surface area contributed by atoms with Gasteiger partial charge in [-0.25, -0.2) is 4.98 Å². The maximum absolute atomic E-state index is 12.3. The van der Waals surface area contributed by atoms with Gasteiger partial charge in [0.15, 0.2) is 5.13 Å². The van der Waals surface area contributed by atoms with Crippen molar-refractivity contribution >= 4 is 44.6 Å². The molecule has 0 aliphatic heterocycles. The average molecular weight is 371 g/mol. The molecule has 0 saturated carbocycles. The number of aromatic nitrogens is 1. The van der Waals surface area contributed by atoms with E-state index in [1.807, 2.05) is 11.4 Å². The summed E-state index contributed by atoms with van der Waals surface area (Å²) >= 11 is 2.62. The molecule has 3 rings (SSSR count). The lowest BCUT2D eigenvalue weighted by Gasteiger charge is -2.03. The Morgan fingerprint density at radius 1 is 1.08 bits per heavy atom. The summed E-state index contributed by atoms with van der Waals surface area (Å²) in [6.45, 7) is 5.54. The zero-order valence-electron chi connectivity index (χ0n) is 14.0. The topological polar surface area (TPSA) is 71.1 Å². The van der Waals surface area contributed by atoms with E-state index in [0.29, 0.717) is 15.0 Å². The molecule has 2 N–H and O–H groups in total. The molecule has 0 radical (unpaired) electrons. The van der Waals surface area contributed by atoms with E-state index in [1.165, 1.54) is 35.2 Å². The summed E-state index contributed by atoms with van der Waals surface area (Å²) in [7, 11) is 0. The van der Waals surface area contributed by atoms with Crippen molar-refractivity contribution < 1.29 is 9.59 Å². The maximum atomic E-state index is 12.3. The zero-order valence-corrected chi connectivity index (χ0v) is 15.7. The molecule has 2 aromatic heterocycles. The summed E-state index contributed by atoms with van der Waals surface area (Å²) in [5.41, 5.74) is 4.27. The molecule has 2 heterocycles. The number of anilines is 2. The van der Waals surface area contributed by atoms with Crippen molar-refractivity contribution in [1.82, 2.24) is 4.98 Å². The summed E-state index contributed by atoms with van der Waals surface area (Å²) < 4.78 is 0. The minimum atomic E-state index is -0.233. The standard InChI is InChI=1S/C18H17N3O2S2/c1-10-4-5-13(11(2)8-10)14-9-24-18(20-14)21-17(23)15-6-7-16(25-15)19-12(3)22/h4-9H,1-3H3,(H,19,22)(H,20,21,23). The van der Waals surface area contributed by atoms with Gasteiger partial charge in [0, 0.05) is 17.9 Å². The Balaban J connectivity index is 1.73. The molecule has 0 bridgehead atoms. The fourth-order valence-electron chi connectivity index (χ4n) is 2.42. The molecule has 0 spiro atoms. The van der Waals surface area contributed by atoms with Crippen molar-refractivity contribution in [3.8, 4) is 11.3 Å². The molecular weight excluding hydrogens is 354 g/mol. The van der Waals surface area contributed by atoms with Crippen LogP contribution in [-0.2, 0) is 4.79 Å². The highest BCUT2D eigenvalue weighted by atomic mass is 32.1. The molecule has 0 aliphatic rings. The van der Waals surface area contributed by atoms with Crippen molar-refractivity contribution in [2.24, 2.45) is 0 Å². The van der Waals surface area contributed by atoms with E-state index in [2.05, 4.69) is 41.6 Å². The van der Waals surface area contributed by atoms with Gasteiger partial charge in [0.2, 0.25) is 5.91 Å². The van der Waals surface area contributed by atoms with E-state index in [4.69, 9.17) is 0 Å². The van der Waals surface area contributed by atoms with Gasteiger partial charge in [-0.3, -0.25) is 14.9 Å². The first-order valence-corrected chi connectivity index (χ1v) is 9.34. The van der Waals surface area contributed by atoms with E-state index in [1.54, 1.807) is 12.1 Å². The number of rotatable bonds is 4. The summed E-state index contributed by atoms with van der Waals surface area (Å²) in [4.78, 5) is 28.4. The van der Waals surface area contributed by atoms with Crippen LogP contribution in [0.3, 0.4) is 0 Å². The predicted octanol–water partition coefficient (Wildman–Crippen LogP) is 4.70. The Hall–Kier alpha value is -2.51. The van der Waals surface area contributed by atoms with Gasteiger partial charge in [-0.05, 0) is 31.5 Å². The van der Waals surface area contributed by atoms with E-state index in [9.17, 15) is 9.59 Å². The minimum absolute atomic E-state index is 0.160. The van der Waals surface area contributed by atoms with Crippen LogP contribution in [0.5, 0.6) is 0 Å². The van der Waals surface area contributed by atoms with E-state index in [-0.39, 0.29) is 11.8 Å². The molecule has 7 heteroatoms. The van der Waals surface area contributed by atoms with Crippen LogP contribution in [0.25, 0.3) is 11.3 Å². The molecule has 2 amide bonds. The van der Waals surface area contributed by atoms with Crippen LogP contribution in [0, 0.1) is 13.8 Å². The number of hydrogen-bond acceptors (Lipinski definition) is 5. The van der Waals surface area contributed by atoms with Crippen molar-refractivity contribution in [2.75, 3.05) is 10.6 Å². The molecule has 0 fully saturated rings. The van der Waals surface area contributed by atoms with Crippen molar-refractivity contribution in [2.45, 2.75) is 20.8 Å². The number of benzene rings is 1. The number of carbonyl (C=O) groups is 2. The third-order valence-electron chi connectivity index (χ3n) is 3.51. The summed E-state index contributed by atoms with van der Waals surface area (Å²) in [6.07, 6.45) is 0.